The fourth-order valence-corrected chi connectivity index (χ4v) is 4.93. The van der Waals surface area contributed by atoms with Crippen LogP contribution in [0.3, 0.4) is 0 Å². The van der Waals surface area contributed by atoms with Crippen LogP contribution >= 0.6 is 8.38 Å². The Kier molecular flexibility index (Phi) is 14.2. The summed E-state index contributed by atoms with van der Waals surface area (Å²) in [6.45, 7) is 13.1. The molecule has 1 unspecified atom stereocenters. The molecular formula is C24H44N5O5P. The van der Waals surface area contributed by atoms with Gasteiger partial charge in [0.1, 0.15) is 6.23 Å². The Labute approximate surface area is 211 Å². The van der Waals surface area contributed by atoms with Gasteiger partial charge in [-0.3, -0.25) is 19.5 Å². The highest BCUT2D eigenvalue weighted by Crippen LogP contribution is 2.26. The predicted molar refractivity (Wildman–Crippen MR) is 139 cm³/mol. The second-order valence-corrected chi connectivity index (χ2v) is 10.1. The molecule has 10 nitrogen and oxygen atoms in total. The maximum Gasteiger partial charge on any atom is 0.317 e. The Hall–Kier alpha value is -1.20. The Morgan fingerprint density at radius 1 is 0.886 bits per heavy atom. The Morgan fingerprint density at radius 3 is 1.83 bits per heavy atom. The number of likely N-dealkylation sites (N-methyl/N-ethyl adjacent to an activating group) is 2. The van der Waals surface area contributed by atoms with Crippen molar-refractivity contribution >= 4 is 14.3 Å². The van der Waals surface area contributed by atoms with Crippen LogP contribution in [-0.2, 0) is 11.3 Å². The van der Waals surface area contributed by atoms with Crippen LogP contribution in [0.1, 0.15) is 19.4 Å². The van der Waals surface area contributed by atoms with E-state index in [1.807, 2.05) is 35.2 Å². The molecule has 200 valence electrons. The summed E-state index contributed by atoms with van der Waals surface area (Å²) in [4.78, 5) is 41.4. The highest BCUT2D eigenvalue weighted by atomic mass is 31.2. The first kappa shape index (κ1) is 30.0. The first-order valence-corrected chi connectivity index (χ1v) is 14.0. The van der Waals surface area contributed by atoms with Crippen LogP contribution in [0.4, 0.5) is 0 Å². The van der Waals surface area contributed by atoms with E-state index in [4.69, 9.17) is 0 Å². The first-order chi connectivity index (χ1) is 16.8. The van der Waals surface area contributed by atoms with Gasteiger partial charge in [0.25, 0.3) is 0 Å². The molecule has 0 aliphatic carbocycles. The van der Waals surface area contributed by atoms with E-state index in [-0.39, 0.29) is 12.8 Å². The Morgan fingerprint density at radius 2 is 1.37 bits per heavy atom. The molecule has 4 N–H and O–H groups in total. The van der Waals surface area contributed by atoms with Crippen molar-refractivity contribution in [1.29, 1.82) is 0 Å². The third-order valence-electron chi connectivity index (χ3n) is 6.56. The van der Waals surface area contributed by atoms with E-state index in [1.165, 1.54) is 0 Å². The van der Waals surface area contributed by atoms with Crippen molar-refractivity contribution in [2.45, 2.75) is 26.6 Å². The molecule has 1 heterocycles. The molecule has 1 atom stereocenters. The van der Waals surface area contributed by atoms with Gasteiger partial charge < -0.3 is 29.8 Å². The zero-order valence-electron chi connectivity index (χ0n) is 21.2. The number of carbonyl (C=O) groups is 1. The minimum atomic E-state index is -2.19. The number of nitrogens with zero attached hydrogens (tertiary/aromatic N) is 5. The number of aliphatic hydroxyl groups is 1. The summed E-state index contributed by atoms with van der Waals surface area (Å²) in [7, 11) is -2.19. The molecule has 0 amide bonds. The molecule has 11 heteroatoms. The van der Waals surface area contributed by atoms with Crippen LogP contribution in [0.15, 0.2) is 30.3 Å². The minimum Gasteiger partial charge on any atom is -0.480 e. The van der Waals surface area contributed by atoms with Crippen LogP contribution in [0.25, 0.3) is 0 Å². The van der Waals surface area contributed by atoms with E-state index >= 15 is 0 Å². The monoisotopic (exact) mass is 513 g/mol. The van der Waals surface area contributed by atoms with Crippen molar-refractivity contribution in [2.24, 2.45) is 0 Å². The molecule has 2 rings (SSSR count). The predicted octanol–water partition coefficient (Wildman–Crippen LogP) is 0.407. The molecule has 0 bridgehead atoms. The summed E-state index contributed by atoms with van der Waals surface area (Å²) in [5.74, 6) is -0.836. The average molecular weight is 514 g/mol. The normalized spacial score (nSPS) is 19.5. The average Bonchev–Trinajstić information content (AvgIpc) is 2.82. The number of hydrogen-bond donors (Lipinski definition) is 4. The molecule has 0 spiro atoms. The van der Waals surface area contributed by atoms with Gasteiger partial charge in [-0.1, -0.05) is 44.2 Å². The van der Waals surface area contributed by atoms with Gasteiger partial charge >= 0.3 is 5.97 Å². The zero-order valence-corrected chi connectivity index (χ0v) is 22.1. The van der Waals surface area contributed by atoms with Crippen molar-refractivity contribution in [3.63, 3.8) is 0 Å². The number of rotatable bonds is 11. The van der Waals surface area contributed by atoms with E-state index in [1.54, 1.807) is 4.90 Å². The summed E-state index contributed by atoms with van der Waals surface area (Å²) in [6.07, 6.45) is -0.885. The summed E-state index contributed by atoms with van der Waals surface area (Å²) in [6, 6.07) is 9.68. The van der Waals surface area contributed by atoms with Crippen LogP contribution < -0.4 is 0 Å². The maximum atomic E-state index is 11.4. The Bertz CT molecular complexity index is 717. The molecule has 1 aliphatic rings. The van der Waals surface area contributed by atoms with Gasteiger partial charge in [0, 0.05) is 65.4 Å². The van der Waals surface area contributed by atoms with Crippen molar-refractivity contribution < 1.29 is 24.8 Å². The Balaban J connectivity index is 2.11. The molecule has 0 saturated carbocycles. The fraction of sp³-hybridized carbons (Fsp3) is 0.708. The summed E-state index contributed by atoms with van der Waals surface area (Å²) >= 11 is 0. The standard InChI is InChI=1S/C24H44N5O5P/c1-3-25-10-11-26(4-2)13-15-28(20-24(31)32)17-16-27(14-12-25)19-23(30)29(21-35(33)34)18-22-8-6-5-7-9-22/h5-9,23,30,33-34H,3-4,10-21H2,1-2H3,(H,31,32). The molecule has 1 aliphatic heterocycles. The van der Waals surface area contributed by atoms with Gasteiger partial charge in [0.15, 0.2) is 8.38 Å². The number of β-amino-alcohol motifs (C(OH)–C–C–N with tert-alkyl or cyclic N) is 1. The molecule has 1 aromatic carbocycles. The third-order valence-corrected chi connectivity index (χ3v) is 7.18. The largest absolute Gasteiger partial charge is 0.480 e. The lowest BCUT2D eigenvalue weighted by atomic mass is 10.2. The number of carboxylic acids is 1. The number of hydrogen-bond acceptors (Lipinski definition) is 9. The lowest BCUT2D eigenvalue weighted by Gasteiger charge is -2.36. The lowest BCUT2D eigenvalue weighted by Crippen LogP contribution is -2.50. The van der Waals surface area contributed by atoms with Gasteiger partial charge in [0.05, 0.1) is 12.8 Å². The van der Waals surface area contributed by atoms with Crippen LogP contribution in [-0.4, -0.2) is 142 Å². The van der Waals surface area contributed by atoms with Crippen molar-refractivity contribution in [3.05, 3.63) is 35.9 Å². The number of aliphatic carboxylic acids is 1. The second-order valence-electron chi connectivity index (χ2n) is 9.07. The smallest absolute Gasteiger partial charge is 0.317 e. The molecule has 1 saturated heterocycles. The summed E-state index contributed by atoms with van der Waals surface area (Å²) < 4.78 is 0. The van der Waals surface area contributed by atoms with Crippen molar-refractivity contribution in [1.82, 2.24) is 24.5 Å². The van der Waals surface area contributed by atoms with E-state index in [2.05, 4.69) is 28.5 Å². The minimum absolute atomic E-state index is 0.00168. The first-order valence-electron chi connectivity index (χ1n) is 12.5. The van der Waals surface area contributed by atoms with E-state index in [0.29, 0.717) is 32.7 Å². The number of aliphatic hydroxyl groups excluding tert-OH is 1. The maximum absolute atomic E-state index is 11.4. The van der Waals surface area contributed by atoms with Gasteiger partial charge in [-0.25, -0.2) is 0 Å². The highest BCUT2D eigenvalue weighted by molar-refractivity contribution is 7.44. The quantitative estimate of drug-likeness (QED) is 0.245. The lowest BCUT2D eigenvalue weighted by molar-refractivity contribution is -0.138. The van der Waals surface area contributed by atoms with Gasteiger partial charge in [-0.15, -0.1) is 0 Å². The number of carboxylic acid groups (broad SMARTS) is 1. The molecule has 0 radical (unpaired) electrons. The van der Waals surface area contributed by atoms with Crippen molar-refractivity contribution in [2.75, 3.05) is 84.8 Å². The second kappa shape index (κ2) is 16.5. The van der Waals surface area contributed by atoms with Crippen LogP contribution in [0.2, 0.25) is 0 Å². The SMILES string of the molecule is CCN1CCN(CC)CCN(CC(O)N(Cc2ccccc2)CP(O)O)CCN(CC(=O)O)CC1. The molecular weight excluding hydrogens is 469 g/mol. The van der Waals surface area contributed by atoms with Crippen LogP contribution in [0.5, 0.6) is 0 Å². The van der Waals surface area contributed by atoms with Gasteiger partial charge in [-0.2, -0.15) is 0 Å². The van der Waals surface area contributed by atoms with Gasteiger partial charge in [-0.05, 0) is 18.7 Å². The van der Waals surface area contributed by atoms with E-state index in [0.717, 1.165) is 51.4 Å². The van der Waals surface area contributed by atoms with Crippen LogP contribution in [0, 0.1) is 0 Å². The van der Waals surface area contributed by atoms with E-state index in [9.17, 15) is 24.8 Å². The molecule has 1 fully saturated rings. The van der Waals surface area contributed by atoms with Gasteiger partial charge in [0.2, 0.25) is 0 Å². The molecule has 1 aromatic rings. The topological polar surface area (TPSA) is 114 Å². The summed E-state index contributed by atoms with van der Waals surface area (Å²) in [5.41, 5.74) is 0.988. The highest BCUT2D eigenvalue weighted by Gasteiger charge is 2.23. The van der Waals surface area contributed by atoms with Crippen molar-refractivity contribution in [3.8, 4) is 0 Å². The fourth-order valence-electron chi connectivity index (χ4n) is 4.32. The summed E-state index contributed by atoms with van der Waals surface area (Å²) in [5, 5.41) is 20.5. The third kappa shape index (κ3) is 12.1. The number of benzene rings is 1. The molecule has 0 aromatic heterocycles. The van der Waals surface area contributed by atoms with E-state index < -0.39 is 20.6 Å². The zero-order chi connectivity index (χ0) is 25.6. The molecule has 35 heavy (non-hydrogen) atoms.